The molecule has 0 spiro atoms. The van der Waals surface area contributed by atoms with Gasteiger partial charge in [0.05, 0.1) is 0 Å². The van der Waals surface area contributed by atoms with Gasteiger partial charge in [-0.2, -0.15) is 0 Å². The van der Waals surface area contributed by atoms with Crippen molar-refractivity contribution in [3.63, 3.8) is 0 Å². The lowest BCUT2D eigenvalue weighted by molar-refractivity contribution is 0.346. The third-order valence-corrected chi connectivity index (χ3v) is 6.07. The first-order valence-electron chi connectivity index (χ1n) is 8.78. The van der Waals surface area contributed by atoms with Gasteiger partial charge in [-0.15, -0.1) is 0 Å². The molecule has 0 N–H and O–H groups in total. The van der Waals surface area contributed by atoms with Crippen molar-refractivity contribution in [2.75, 3.05) is 26.2 Å². The van der Waals surface area contributed by atoms with Crippen LogP contribution in [0, 0.1) is 0 Å². The van der Waals surface area contributed by atoms with Crippen LogP contribution >= 0.6 is 0 Å². The van der Waals surface area contributed by atoms with Gasteiger partial charge < -0.3 is 9.13 Å². The van der Waals surface area contributed by atoms with Crippen LogP contribution in [0.1, 0.15) is 73.1 Å². The minimum Gasteiger partial charge on any atom is -0.308 e. The van der Waals surface area contributed by atoms with Crippen molar-refractivity contribution in [1.29, 1.82) is 0 Å². The molecule has 0 bridgehead atoms. The van der Waals surface area contributed by atoms with Crippen LogP contribution < -0.4 is 0 Å². The van der Waals surface area contributed by atoms with Crippen LogP contribution in [0.3, 0.4) is 0 Å². The fourth-order valence-corrected chi connectivity index (χ4v) is 5.54. The van der Waals surface area contributed by atoms with E-state index in [0.29, 0.717) is 0 Å². The van der Waals surface area contributed by atoms with E-state index < -0.39 is 9.12 Å². The summed E-state index contributed by atoms with van der Waals surface area (Å²) in [7, 11) is -0.658. The van der Waals surface area contributed by atoms with Crippen LogP contribution in [-0.4, -0.2) is 44.4 Å². The van der Waals surface area contributed by atoms with Crippen molar-refractivity contribution in [3.8, 4) is 0 Å². The fourth-order valence-electron chi connectivity index (χ4n) is 2.53. The van der Waals surface area contributed by atoms with E-state index in [9.17, 15) is 0 Å². The summed E-state index contributed by atoms with van der Waals surface area (Å²) in [6.45, 7) is 16.5. The van der Waals surface area contributed by atoms with Gasteiger partial charge in [-0.05, 0) is 58.3 Å². The molecule has 3 heteroatoms. The molecular weight excluding hydrogens is 260 g/mol. The molecule has 0 saturated carbocycles. The standard InChI is InChI=1S/C17H37N2Si/c1-6-11-12-17-20(18(13-7-2)14-8-3)19(15-9-4)16-10-5/h12,17H,6-11,13-16H2,1-5H3. The first kappa shape index (κ1) is 19.9. The van der Waals surface area contributed by atoms with E-state index in [-0.39, 0.29) is 0 Å². The maximum absolute atomic E-state index is 2.77. The van der Waals surface area contributed by atoms with Gasteiger partial charge in [-0.3, -0.25) is 0 Å². The van der Waals surface area contributed by atoms with Crippen LogP contribution in [0.4, 0.5) is 0 Å². The molecule has 0 unspecified atom stereocenters. The Morgan fingerprint density at radius 3 is 1.35 bits per heavy atom. The third-order valence-electron chi connectivity index (χ3n) is 3.34. The molecule has 0 fully saturated rings. The van der Waals surface area contributed by atoms with E-state index >= 15 is 0 Å². The number of rotatable bonds is 13. The normalized spacial score (nSPS) is 12.4. The number of hydrogen-bond donors (Lipinski definition) is 0. The fraction of sp³-hybridized carbons (Fsp3) is 0.882. The molecule has 0 atom stereocenters. The predicted molar refractivity (Wildman–Crippen MR) is 94.1 cm³/mol. The lowest BCUT2D eigenvalue weighted by Gasteiger charge is -2.36. The van der Waals surface area contributed by atoms with Gasteiger partial charge in [0.1, 0.15) is 0 Å². The summed E-state index contributed by atoms with van der Waals surface area (Å²) in [5, 5.41) is 0. The largest absolute Gasteiger partial charge is 0.308 e. The van der Waals surface area contributed by atoms with Crippen molar-refractivity contribution >= 4 is 9.12 Å². The maximum Gasteiger partial charge on any atom is 0.258 e. The molecular formula is C17H37N2Si. The first-order chi connectivity index (χ1) is 9.74. The summed E-state index contributed by atoms with van der Waals surface area (Å²) in [6.07, 6.45) is 9.99. The van der Waals surface area contributed by atoms with Crippen LogP contribution in [0.15, 0.2) is 11.8 Å². The second kappa shape index (κ2) is 13.8. The van der Waals surface area contributed by atoms with Gasteiger partial charge in [0, 0.05) is 0 Å². The van der Waals surface area contributed by atoms with E-state index in [4.69, 9.17) is 0 Å². The van der Waals surface area contributed by atoms with Crippen molar-refractivity contribution < 1.29 is 0 Å². The van der Waals surface area contributed by atoms with Gasteiger partial charge in [-0.1, -0.05) is 52.8 Å². The monoisotopic (exact) mass is 297 g/mol. The van der Waals surface area contributed by atoms with Crippen LogP contribution in [0.25, 0.3) is 0 Å². The molecule has 0 aromatic carbocycles. The van der Waals surface area contributed by atoms with Crippen molar-refractivity contribution in [1.82, 2.24) is 9.13 Å². The predicted octanol–water partition coefficient (Wildman–Crippen LogP) is 4.61. The summed E-state index contributed by atoms with van der Waals surface area (Å²) < 4.78 is 5.53. The molecule has 0 aliphatic carbocycles. The molecule has 0 aliphatic heterocycles. The van der Waals surface area contributed by atoms with E-state index in [1.54, 1.807) is 0 Å². The number of nitrogens with zero attached hydrogens (tertiary/aromatic N) is 2. The Bertz CT molecular complexity index is 203. The Hall–Kier alpha value is -0.123. The van der Waals surface area contributed by atoms with Crippen molar-refractivity contribution in [2.45, 2.75) is 73.1 Å². The topological polar surface area (TPSA) is 6.48 Å². The highest BCUT2D eigenvalue weighted by Crippen LogP contribution is 2.09. The highest BCUT2D eigenvalue weighted by molar-refractivity contribution is 6.58. The summed E-state index contributed by atoms with van der Waals surface area (Å²) in [5.74, 6) is 0. The Kier molecular flexibility index (Phi) is 13.8. The van der Waals surface area contributed by atoms with Crippen LogP contribution in [0.2, 0.25) is 0 Å². The first-order valence-corrected chi connectivity index (χ1v) is 10.2. The quantitative estimate of drug-likeness (QED) is 0.458. The van der Waals surface area contributed by atoms with Crippen LogP contribution in [0.5, 0.6) is 0 Å². The lowest BCUT2D eigenvalue weighted by atomic mass is 10.3. The van der Waals surface area contributed by atoms with Gasteiger partial charge in [-0.25, -0.2) is 0 Å². The second-order valence-electron chi connectivity index (χ2n) is 5.52. The van der Waals surface area contributed by atoms with E-state index in [1.807, 2.05) is 0 Å². The van der Waals surface area contributed by atoms with Crippen molar-refractivity contribution in [2.24, 2.45) is 0 Å². The zero-order chi connectivity index (χ0) is 15.2. The van der Waals surface area contributed by atoms with Gasteiger partial charge in [0.2, 0.25) is 0 Å². The SMILES string of the molecule is CCCC=C[Si](N(CCC)CCC)N(CCC)CCC. The van der Waals surface area contributed by atoms with Crippen LogP contribution in [-0.2, 0) is 0 Å². The Morgan fingerprint density at radius 2 is 1.05 bits per heavy atom. The molecule has 119 valence electrons. The molecule has 0 aliphatic rings. The minimum atomic E-state index is -0.658. The molecule has 0 heterocycles. The Morgan fingerprint density at radius 1 is 0.650 bits per heavy atom. The highest BCUT2D eigenvalue weighted by Gasteiger charge is 2.24. The average Bonchev–Trinajstić information content (AvgIpc) is 2.44. The molecule has 1 radical (unpaired) electrons. The van der Waals surface area contributed by atoms with Gasteiger partial charge >= 0.3 is 0 Å². The van der Waals surface area contributed by atoms with Gasteiger partial charge in [0.25, 0.3) is 9.12 Å². The molecule has 0 saturated heterocycles. The van der Waals surface area contributed by atoms with E-state index in [0.717, 1.165) is 0 Å². The Balaban J connectivity index is 4.95. The smallest absolute Gasteiger partial charge is 0.258 e. The summed E-state index contributed by atoms with van der Waals surface area (Å²) in [4.78, 5) is 0. The summed E-state index contributed by atoms with van der Waals surface area (Å²) in [5.41, 5.74) is 2.56. The van der Waals surface area contributed by atoms with E-state index in [1.165, 1.54) is 64.7 Å². The number of hydrogen-bond acceptors (Lipinski definition) is 2. The third kappa shape index (κ3) is 8.23. The molecule has 0 rings (SSSR count). The Labute approximate surface area is 130 Å². The number of unbranched alkanes of at least 4 members (excludes halogenated alkanes) is 1. The lowest BCUT2D eigenvalue weighted by Crippen LogP contribution is -2.53. The molecule has 0 aromatic heterocycles. The van der Waals surface area contributed by atoms with E-state index in [2.05, 4.69) is 55.5 Å². The molecule has 2 nitrogen and oxygen atoms in total. The summed E-state index contributed by atoms with van der Waals surface area (Å²) in [6, 6.07) is 0. The average molecular weight is 298 g/mol. The molecule has 0 aromatic rings. The van der Waals surface area contributed by atoms with Gasteiger partial charge in [0.15, 0.2) is 0 Å². The van der Waals surface area contributed by atoms with Crippen molar-refractivity contribution in [3.05, 3.63) is 11.8 Å². The zero-order valence-corrected chi connectivity index (χ0v) is 15.6. The molecule has 20 heavy (non-hydrogen) atoms. The number of allylic oxidation sites excluding steroid dienone is 1. The zero-order valence-electron chi connectivity index (χ0n) is 14.6. The minimum absolute atomic E-state index is 0.658. The maximum atomic E-state index is 2.77. The summed E-state index contributed by atoms with van der Waals surface area (Å²) >= 11 is 0. The highest BCUT2D eigenvalue weighted by atomic mass is 28.3. The molecule has 0 amide bonds. The second-order valence-corrected chi connectivity index (χ2v) is 7.84.